The summed E-state index contributed by atoms with van der Waals surface area (Å²) in [6.07, 6.45) is 3.57. The lowest BCUT2D eigenvalue weighted by molar-refractivity contribution is 0.0967. The van der Waals surface area contributed by atoms with E-state index in [0.29, 0.717) is 12.2 Å². The van der Waals surface area contributed by atoms with Gasteiger partial charge in [-0.1, -0.05) is 0 Å². The van der Waals surface area contributed by atoms with Crippen molar-refractivity contribution >= 4 is 28.4 Å². The van der Waals surface area contributed by atoms with Crippen molar-refractivity contribution < 1.29 is 9.53 Å². The molecule has 0 aliphatic heterocycles. The summed E-state index contributed by atoms with van der Waals surface area (Å²) in [7, 11) is 0. The van der Waals surface area contributed by atoms with Crippen molar-refractivity contribution in [2.45, 2.75) is 13.5 Å². The molecule has 0 aliphatic rings. The summed E-state index contributed by atoms with van der Waals surface area (Å²) in [5, 5.41) is 4.09. The molecule has 0 amide bonds. The maximum atomic E-state index is 12.0. The van der Waals surface area contributed by atoms with Gasteiger partial charge in [0.1, 0.15) is 12.3 Å². The Bertz CT molecular complexity index is 534. The van der Waals surface area contributed by atoms with Crippen LogP contribution in [-0.4, -0.2) is 22.2 Å². The molecule has 5 heteroatoms. The van der Waals surface area contributed by atoms with E-state index in [2.05, 4.69) is 27.7 Å². The van der Waals surface area contributed by atoms with E-state index in [1.807, 2.05) is 25.3 Å². The van der Waals surface area contributed by atoms with Crippen LogP contribution in [0.4, 0.5) is 0 Å². The summed E-state index contributed by atoms with van der Waals surface area (Å²) in [6.45, 7) is 2.81. The van der Waals surface area contributed by atoms with Gasteiger partial charge in [-0.15, -0.1) is 0 Å². The quantitative estimate of drug-likeness (QED) is 0.611. The van der Waals surface area contributed by atoms with Crippen molar-refractivity contribution in [3.8, 4) is 5.75 Å². The minimum Gasteiger partial charge on any atom is -0.494 e. The van der Waals surface area contributed by atoms with Gasteiger partial charge in [0.05, 0.1) is 16.4 Å². The van der Waals surface area contributed by atoms with E-state index in [0.717, 1.165) is 9.32 Å². The topological polar surface area (TPSA) is 44.1 Å². The number of benzene rings is 1. The number of halogens is 1. The van der Waals surface area contributed by atoms with E-state index in [1.165, 1.54) is 0 Å². The van der Waals surface area contributed by atoms with Crippen LogP contribution in [0.5, 0.6) is 5.75 Å². The normalized spacial score (nSPS) is 10.3. The zero-order chi connectivity index (χ0) is 13.0. The molecule has 0 N–H and O–H groups in total. The first-order valence-corrected chi connectivity index (χ1v) is 6.71. The van der Waals surface area contributed by atoms with E-state index in [9.17, 15) is 4.79 Å². The Morgan fingerprint density at radius 3 is 2.67 bits per heavy atom. The van der Waals surface area contributed by atoms with Crippen molar-refractivity contribution in [1.29, 1.82) is 0 Å². The standard InChI is InChI=1S/C13H13IN2O2/c1-2-18-12-5-3-10(4-6-12)13(17)9-16-8-11(14)7-15-16/h3-8H,2,9H2,1H3. The largest absolute Gasteiger partial charge is 0.494 e. The van der Waals surface area contributed by atoms with Crippen molar-refractivity contribution in [3.05, 3.63) is 45.8 Å². The van der Waals surface area contributed by atoms with Gasteiger partial charge in [-0.05, 0) is 53.8 Å². The molecule has 0 atom stereocenters. The Labute approximate surface area is 119 Å². The lowest BCUT2D eigenvalue weighted by Crippen LogP contribution is -2.10. The summed E-state index contributed by atoms with van der Waals surface area (Å²) in [5.74, 6) is 0.820. The molecule has 0 aliphatic carbocycles. The van der Waals surface area contributed by atoms with Gasteiger partial charge in [-0.2, -0.15) is 5.10 Å². The highest BCUT2D eigenvalue weighted by molar-refractivity contribution is 14.1. The number of hydrogen-bond acceptors (Lipinski definition) is 3. The van der Waals surface area contributed by atoms with Crippen molar-refractivity contribution in [1.82, 2.24) is 9.78 Å². The van der Waals surface area contributed by atoms with E-state index in [4.69, 9.17) is 4.74 Å². The monoisotopic (exact) mass is 356 g/mol. The summed E-state index contributed by atoms with van der Waals surface area (Å²) < 4.78 is 7.99. The lowest BCUT2D eigenvalue weighted by Gasteiger charge is -2.04. The Morgan fingerprint density at radius 2 is 2.11 bits per heavy atom. The fourth-order valence-electron chi connectivity index (χ4n) is 1.57. The second-order valence-corrected chi connectivity index (χ2v) is 4.98. The van der Waals surface area contributed by atoms with Crippen LogP contribution in [0.3, 0.4) is 0 Å². The molecular weight excluding hydrogens is 343 g/mol. The first-order chi connectivity index (χ1) is 8.69. The predicted molar refractivity (Wildman–Crippen MR) is 76.9 cm³/mol. The molecule has 0 saturated carbocycles. The molecule has 2 aromatic rings. The first-order valence-electron chi connectivity index (χ1n) is 5.63. The third-order valence-electron chi connectivity index (χ3n) is 2.39. The van der Waals surface area contributed by atoms with Gasteiger partial charge in [0, 0.05) is 11.8 Å². The van der Waals surface area contributed by atoms with E-state index < -0.39 is 0 Å². The van der Waals surface area contributed by atoms with Gasteiger partial charge in [0.25, 0.3) is 0 Å². The van der Waals surface area contributed by atoms with Crippen LogP contribution in [0.15, 0.2) is 36.7 Å². The zero-order valence-electron chi connectivity index (χ0n) is 9.97. The number of carbonyl (C=O) groups is 1. The minimum atomic E-state index is 0.0394. The summed E-state index contributed by atoms with van der Waals surface area (Å²) in [5.41, 5.74) is 0.670. The summed E-state index contributed by atoms with van der Waals surface area (Å²) >= 11 is 2.16. The molecule has 0 fully saturated rings. The van der Waals surface area contributed by atoms with E-state index in [1.54, 1.807) is 23.0 Å². The average molecular weight is 356 g/mol. The zero-order valence-corrected chi connectivity index (χ0v) is 12.1. The molecule has 0 spiro atoms. The molecule has 4 nitrogen and oxygen atoms in total. The number of Topliss-reactive ketones (excluding diaryl/α,β-unsaturated/α-hetero) is 1. The maximum Gasteiger partial charge on any atom is 0.184 e. The predicted octanol–water partition coefficient (Wildman–Crippen LogP) is 2.77. The van der Waals surface area contributed by atoms with Crippen molar-refractivity contribution in [3.63, 3.8) is 0 Å². The fraction of sp³-hybridized carbons (Fsp3) is 0.231. The lowest BCUT2D eigenvalue weighted by atomic mass is 10.1. The summed E-state index contributed by atoms with van der Waals surface area (Å²) in [6, 6.07) is 7.18. The number of rotatable bonds is 5. The number of aromatic nitrogens is 2. The molecule has 0 radical (unpaired) electrons. The van der Waals surface area contributed by atoms with Crippen LogP contribution >= 0.6 is 22.6 Å². The van der Waals surface area contributed by atoms with Gasteiger partial charge >= 0.3 is 0 Å². The number of ketones is 1. The van der Waals surface area contributed by atoms with Crippen LogP contribution in [0.1, 0.15) is 17.3 Å². The van der Waals surface area contributed by atoms with Crippen LogP contribution in [0.2, 0.25) is 0 Å². The maximum absolute atomic E-state index is 12.0. The SMILES string of the molecule is CCOc1ccc(C(=O)Cn2cc(I)cn2)cc1. The molecule has 1 aromatic carbocycles. The molecular formula is C13H13IN2O2. The van der Waals surface area contributed by atoms with Gasteiger partial charge in [-0.25, -0.2) is 0 Å². The molecule has 94 valence electrons. The molecule has 1 heterocycles. The highest BCUT2D eigenvalue weighted by atomic mass is 127. The van der Waals surface area contributed by atoms with Gasteiger partial charge in [0.2, 0.25) is 0 Å². The Balaban J connectivity index is 2.04. The minimum absolute atomic E-state index is 0.0394. The average Bonchev–Trinajstić information content (AvgIpc) is 2.76. The molecule has 0 unspecified atom stereocenters. The molecule has 0 saturated heterocycles. The third-order valence-corrected chi connectivity index (χ3v) is 2.95. The molecule has 18 heavy (non-hydrogen) atoms. The molecule has 1 aromatic heterocycles. The third kappa shape index (κ3) is 3.32. The smallest absolute Gasteiger partial charge is 0.184 e. The van der Waals surface area contributed by atoms with E-state index in [-0.39, 0.29) is 12.3 Å². The number of ether oxygens (including phenoxy) is 1. The Hall–Kier alpha value is -1.37. The Kier molecular flexibility index (Phi) is 4.35. The van der Waals surface area contributed by atoms with Crippen LogP contribution < -0.4 is 4.74 Å². The summed E-state index contributed by atoms with van der Waals surface area (Å²) in [4.78, 5) is 12.0. The number of nitrogens with zero attached hydrogens (tertiary/aromatic N) is 2. The second-order valence-electron chi connectivity index (χ2n) is 3.74. The highest BCUT2D eigenvalue weighted by Gasteiger charge is 2.07. The van der Waals surface area contributed by atoms with Crippen LogP contribution in [-0.2, 0) is 6.54 Å². The van der Waals surface area contributed by atoms with Crippen LogP contribution in [0, 0.1) is 3.57 Å². The number of hydrogen-bond donors (Lipinski definition) is 0. The van der Waals surface area contributed by atoms with Gasteiger partial charge in [-0.3, -0.25) is 9.48 Å². The van der Waals surface area contributed by atoms with Gasteiger partial charge < -0.3 is 4.74 Å². The molecule has 2 rings (SSSR count). The van der Waals surface area contributed by atoms with Crippen molar-refractivity contribution in [2.75, 3.05) is 6.61 Å². The van der Waals surface area contributed by atoms with Gasteiger partial charge in [0.15, 0.2) is 5.78 Å². The fourth-order valence-corrected chi connectivity index (χ4v) is 2.01. The van der Waals surface area contributed by atoms with Crippen molar-refractivity contribution in [2.24, 2.45) is 0 Å². The number of carbonyl (C=O) groups excluding carboxylic acids is 1. The highest BCUT2D eigenvalue weighted by Crippen LogP contribution is 2.13. The Morgan fingerprint density at radius 1 is 1.39 bits per heavy atom. The second kappa shape index (κ2) is 5.99. The van der Waals surface area contributed by atoms with Crippen LogP contribution in [0.25, 0.3) is 0 Å². The first kappa shape index (κ1) is 13.1. The van der Waals surface area contributed by atoms with E-state index >= 15 is 0 Å². The molecule has 0 bridgehead atoms.